The van der Waals surface area contributed by atoms with Crippen LogP contribution < -0.4 is 24.8 Å². The van der Waals surface area contributed by atoms with E-state index in [-0.39, 0.29) is 50.2 Å². The van der Waals surface area contributed by atoms with Gasteiger partial charge in [-0.1, -0.05) is 0 Å². The molecule has 3 unspecified atom stereocenters. The smallest absolute Gasteiger partial charge is 1.00 e. The van der Waals surface area contributed by atoms with Gasteiger partial charge in [-0.05, 0) is 0 Å². The summed E-state index contributed by atoms with van der Waals surface area (Å²) < 4.78 is 3.33. The predicted molar refractivity (Wildman–Crippen MR) is 202 cm³/mol. The molecule has 1 fully saturated rings. The van der Waals surface area contributed by atoms with E-state index in [4.69, 9.17) is 0 Å². The Labute approximate surface area is 320 Å². The zero-order valence-corrected chi connectivity index (χ0v) is 34.2. The number of fused-ring (bicyclic) bond motifs is 6. The van der Waals surface area contributed by atoms with Gasteiger partial charge in [0.1, 0.15) is 0 Å². The molecule has 0 N–H and O–H groups in total. The summed E-state index contributed by atoms with van der Waals surface area (Å²) in [5.41, 5.74) is 12.7. The molecule has 0 aromatic heterocycles. The molecule has 5 aliphatic rings. The molecule has 3 aromatic rings. The first-order chi connectivity index (χ1) is 22.9. The Morgan fingerprint density at radius 3 is 1.88 bits per heavy atom. The van der Waals surface area contributed by atoms with E-state index < -0.39 is 17.4 Å². The molecule has 8 rings (SSSR count). The zero-order chi connectivity index (χ0) is 33.7. The largest absolute Gasteiger partial charge is 1.00 e. The topological polar surface area (TPSA) is 0 Å². The summed E-state index contributed by atoms with van der Waals surface area (Å²) in [7, 11) is 0. The monoisotopic (exact) mass is 734 g/mol. The summed E-state index contributed by atoms with van der Waals surface area (Å²) in [5, 5.41) is 0. The molecule has 0 aliphatic heterocycles. The molecule has 0 radical (unpaired) electrons. The minimum atomic E-state index is -2.48. The first-order valence-corrected chi connectivity index (χ1v) is 20.7. The molecule has 0 bridgehead atoms. The molecular weight excluding hydrogens is 683 g/mol. The molecule has 5 aliphatic carbocycles. The van der Waals surface area contributed by atoms with Gasteiger partial charge in [-0.3, -0.25) is 0 Å². The van der Waals surface area contributed by atoms with Crippen LogP contribution in [0.5, 0.6) is 0 Å². The van der Waals surface area contributed by atoms with Crippen molar-refractivity contribution in [2.24, 2.45) is 27.6 Å². The van der Waals surface area contributed by atoms with E-state index in [1.807, 2.05) is 5.57 Å². The van der Waals surface area contributed by atoms with Crippen molar-refractivity contribution in [2.75, 3.05) is 0 Å². The van der Waals surface area contributed by atoms with Crippen LogP contribution in [0.3, 0.4) is 0 Å². The summed E-state index contributed by atoms with van der Waals surface area (Å²) >= 11 is -2.48. The normalized spacial score (nSPS) is 27.4. The molecular formula is C47H52Cl2Ti. The Kier molecular flexibility index (Phi) is 9.60. The van der Waals surface area contributed by atoms with Crippen LogP contribution in [0.1, 0.15) is 96.9 Å². The van der Waals surface area contributed by atoms with Gasteiger partial charge in [0.2, 0.25) is 0 Å². The van der Waals surface area contributed by atoms with Gasteiger partial charge in [0, 0.05) is 0 Å². The van der Waals surface area contributed by atoms with Crippen molar-refractivity contribution in [3.05, 3.63) is 158 Å². The summed E-state index contributed by atoms with van der Waals surface area (Å²) in [6.07, 6.45) is 16.9. The molecule has 0 heterocycles. The zero-order valence-electron chi connectivity index (χ0n) is 31.1. The van der Waals surface area contributed by atoms with Crippen molar-refractivity contribution in [1.29, 1.82) is 0 Å². The van der Waals surface area contributed by atoms with Crippen LogP contribution in [0, 0.1) is 27.6 Å². The summed E-state index contributed by atoms with van der Waals surface area (Å²) in [5.74, 6) is 0.499. The van der Waals surface area contributed by atoms with E-state index in [0.717, 1.165) is 12.8 Å². The summed E-state index contributed by atoms with van der Waals surface area (Å²) in [6, 6.07) is 32.4. The third-order valence-electron chi connectivity index (χ3n) is 15.2. The van der Waals surface area contributed by atoms with Gasteiger partial charge in [-0.25, -0.2) is 0 Å². The van der Waals surface area contributed by atoms with Crippen LogP contribution in [0.2, 0.25) is 3.72 Å². The Morgan fingerprint density at radius 1 is 0.680 bits per heavy atom. The first-order valence-electron chi connectivity index (χ1n) is 18.3. The molecule has 0 spiro atoms. The molecule has 1 saturated carbocycles. The second-order valence-corrected chi connectivity index (χ2v) is 21.6. The molecule has 3 aromatic carbocycles. The molecule has 258 valence electrons. The van der Waals surface area contributed by atoms with Crippen LogP contribution in [-0.4, -0.2) is 3.81 Å². The van der Waals surface area contributed by atoms with Crippen LogP contribution >= 0.6 is 0 Å². The van der Waals surface area contributed by atoms with E-state index in [9.17, 15) is 0 Å². The minimum absolute atomic E-state index is 0. The maximum atomic E-state index is 2.80. The van der Waals surface area contributed by atoms with E-state index >= 15 is 0 Å². The standard InChI is InChI=1S/C29H37.C13H10.C5H5.2ClH.Ti/c1-18-25-22-17-19-13-9-10-14-20(19)24(22)21-15-11-12-16-23(21)29(25,8)28(6,7)27(4,5)26(18,2)3;1-3-7-12(8-4-1)11-13-9-5-2-6-10-13;1-2-4-5-3-1;;;/h9-11,13-15,23H,12,16-17H2,1-8H3;1-10H;1-3H,4H2;2*1H;/q;;;;;+2/p-2. The second-order valence-electron chi connectivity index (χ2n) is 17.1. The summed E-state index contributed by atoms with van der Waals surface area (Å²) in [4.78, 5) is 0. The van der Waals surface area contributed by atoms with Gasteiger partial charge in [-0.15, -0.1) is 0 Å². The number of hydrogen-bond acceptors (Lipinski definition) is 0. The van der Waals surface area contributed by atoms with Crippen molar-refractivity contribution in [1.82, 2.24) is 0 Å². The Balaban J connectivity index is 0.00000216. The molecule has 0 amide bonds. The first kappa shape index (κ1) is 37.3. The van der Waals surface area contributed by atoms with Crippen molar-refractivity contribution in [3.8, 4) is 0 Å². The third kappa shape index (κ3) is 4.70. The van der Waals surface area contributed by atoms with E-state index in [1.165, 1.54) is 35.1 Å². The maximum absolute atomic E-state index is 2.80. The van der Waals surface area contributed by atoms with E-state index in [2.05, 4.69) is 171 Å². The van der Waals surface area contributed by atoms with Crippen LogP contribution in [0.15, 0.2) is 136 Å². The van der Waals surface area contributed by atoms with Crippen molar-refractivity contribution in [3.63, 3.8) is 0 Å². The molecule has 0 nitrogen and oxygen atoms in total. The average Bonchev–Trinajstić information content (AvgIpc) is 3.75. The van der Waals surface area contributed by atoms with Crippen molar-refractivity contribution >= 4 is 9.38 Å². The van der Waals surface area contributed by atoms with Crippen LogP contribution in [0.4, 0.5) is 0 Å². The molecule has 0 saturated heterocycles. The Morgan fingerprint density at radius 2 is 1.28 bits per heavy atom. The van der Waals surface area contributed by atoms with Gasteiger partial charge < -0.3 is 24.8 Å². The van der Waals surface area contributed by atoms with Gasteiger partial charge >= 0.3 is 297 Å². The number of rotatable bonds is 4. The predicted octanol–water partition coefficient (Wildman–Crippen LogP) is 6.29. The van der Waals surface area contributed by atoms with E-state index in [0.29, 0.717) is 5.92 Å². The summed E-state index contributed by atoms with van der Waals surface area (Å²) in [6.45, 7) is 21.5. The average molecular weight is 736 g/mol. The van der Waals surface area contributed by atoms with Gasteiger partial charge in [0.15, 0.2) is 0 Å². The fourth-order valence-corrected chi connectivity index (χ4v) is 18.5. The molecule has 3 heteroatoms. The Bertz CT molecular complexity index is 1980. The van der Waals surface area contributed by atoms with Crippen molar-refractivity contribution in [2.45, 2.75) is 84.8 Å². The second kappa shape index (κ2) is 12.9. The number of benzene rings is 3. The van der Waals surface area contributed by atoms with Gasteiger partial charge in [0.05, 0.1) is 0 Å². The third-order valence-corrected chi connectivity index (χ3v) is 21.4. The number of hydrogen-bond donors (Lipinski definition) is 0. The van der Waals surface area contributed by atoms with Crippen LogP contribution in [0.25, 0.3) is 5.57 Å². The number of allylic oxidation sites excluding steroid dienone is 10. The minimum Gasteiger partial charge on any atom is -1.00 e. The van der Waals surface area contributed by atoms with E-state index in [1.54, 1.807) is 24.4 Å². The van der Waals surface area contributed by atoms with Crippen molar-refractivity contribution < 1.29 is 42.2 Å². The SMILES string of the molecule is CC12C(=C3Cc4ccccc4C3=C3C=CCCC31)[C](C)([Ti+2]([C]1=CC=CC1)=[C](c1ccccc1)c1ccccc1)C(C)(C)C(C)(C)C2(C)C.[Cl-].[Cl-]. The quantitative estimate of drug-likeness (QED) is 0.277. The fraction of sp³-hybridized carbons (Fsp3) is 0.383. The fourth-order valence-electron chi connectivity index (χ4n) is 11.4. The molecule has 3 atom stereocenters. The van der Waals surface area contributed by atoms with Gasteiger partial charge in [0.25, 0.3) is 0 Å². The maximum Gasteiger partial charge on any atom is -1.00 e. The van der Waals surface area contributed by atoms with Gasteiger partial charge in [-0.2, -0.15) is 0 Å². The van der Waals surface area contributed by atoms with Crippen LogP contribution in [-0.2, 0) is 23.8 Å². The molecule has 50 heavy (non-hydrogen) atoms. The number of halogens is 2. The Hall–Kier alpha value is -2.48.